The molecule has 216 valence electrons. The first-order valence-corrected chi connectivity index (χ1v) is 13.2. The Morgan fingerprint density at radius 1 is 1.12 bits per heavy atom. The molecule has 14 heteroatoms. The molecule has 41 heavy (non-hydrogen) atoms. The standard InChI is InChI=1S/C27H23BrClF4N5O3/c1-27(32,33)25(40)34-12-14-3-8-18(29)19(9-14)36-26-37-20-10-17(24(39)35-16-6-4-15(28)5-7-16)22(41-13-23(30)31)11-21(20)38(26)2/h3-11,23H,12-13H2,1-2H3,(H,34,40)(H,35,39)(H,36,37). The lowest BCUT2D eigenvalue weighted by atomic mass is 10.1. The molecule has 0 aliphatic heterocycles. The number of aryl methyl sites for hydroxylation is 1. The first-order valence-electron chi connectivity index (χ1n) is 12.0. The highest BCUT2D eigenvalue weighted by Gasteiger charge is 2.31. The van der Waals surface area contributed by atoms with Crippen LogP contribution in [0.2, 0.25) is 5.02 Å². The van der Waals surface area contributed by atoms with Crippen LogP contribution in [-0.4, -0.2) is 40.3 Å². The number of aromatic nitrogens is 2. The van der Waals surface area contributed by atoms with Crippen molar-refractivity contribution in [2.24, 2.45) is 7.05 Å². The fourth-order valence-electron chi connectivity index (χ4n) is 3.75. The lowest BCUT2D eigenvalue weighted by Gasteiger charge is -2.13. The van der Waals surface area contributed by atoms with Gasteiger partial charge < -0.3 is 25.3 Å². The van der Waals surface area contributed by atoms with E-state index in [9.17, 15) is 27.2 Å². The number of nitrogens with zero attached hydrogens (tertiary/aromatic N) is 2. The molecule has 0 saturated heterocycles. The van der Waals surface area contributed by atoms with Crippen molar-refractivity contribution < 1.29 is 31.9 Å². The van der Waals surface area contributed by atoms with Gasteiger partial charge in [-0.3, -0.25) is 9.59 Å². The molecule has 8 nitrogen and oxygen atoms in total. The van der Waals surface area contributed by atoms with Crippen LogP contribution in [-0.2, 0) is 18.4 Å². The van der Waals surface area contributed by atoms with E-state index in [1.54, 1.807) is 48.0 Å². The molecule has 2 amide bonds. The third-order valence-corrected chi connectivity index (χ3v) is 6.68. The zero-order chi connectivity index (χ0) is 29.9. The largest absolute Gasteiger partial charge is 0.487 e. The topological polar surface area (TPSA) is 97.3 Å². The van der Waals surface area contributed by atoms with Gasteiger partial charge in [-0.15, -0.1) is 0 Å². The minimum absolute atomic E-state index is 0.00536. The van der Waals surface area contributed by atoms with E-state index in [1.807, 2.05) is 0 Å². The number of imidazole rings is 1. The summed E-state index contributed by atoms with van der Waals surface area (Å²) in [5.74, 6) is -5.32. The summed E-state index contributed by atoms with van der Waals surface area (Å²) < 4.78 is 60.0. The molecular formula is C27H23BrClF4N5O3. The van der Waals surface area contributed by atoms with Crippen molar-refractivity contribution in [2.45, 2.75) is 25.8 Å². The highest BCUT2D eigenvalue weighted by Crippen LogP contribution is 2.32. The van der Waals surface area contributed by atoms with Gasteiger partial charge in [0.1, 0.15) is 12.4 Å². The van der Waals surface area contributed by atoms with Gasteiger partial charge in [0.25, 0.3) is 18.2 Å². The average Bonchev–Trinajstić information content (AvgIpc) is 3.21. The Morgan fingerprint density at radius 3 is 2.49 bits per heavy atom. The van der Waals surface area contributed by atoms with Gasteiger partial charge in [-0.05, 0) is 48.0 Å². The average molecular weight is 657 g/mol. The molecule has 0 spiro atoms. The van der Waals surface area contributed by atoms with Gasteiger partial charge in [0.2, 0.25) is 5.95 Å². The van der Waals surface area contributed by atoms with Crippen LogP contribution in [0.4, 0.5) is 34.9 Å². The van der Waals surface area contributed by atoms with Crippen LogP contribution in [0.5, 0.6) is 5.75 Å². The molecule has 0 atom stereocenters. The second-order valence-corrected chi connectivity index (χ2v) is 10.3. The summed E-state index contributed by atoms with van der Waals surface area (Å²) >= 11 is 9.65. The van der Waals surface area contributed by atoms with Crippen LogP contribution in [0.1, 0.15) is 22.8 Å². The molecule has 4 rings (SSSR count). The number of carbonyl (C=O) groups is 2. The van der Waals surface area contributed by atoms with Crippen LogP contribution in [0, 0.1) is 0 Å². The molecule has 0 fully saturated rings. The Kier molecular flexibility index (Phi) is 9.08. The monoisotopic (exact) mass is 655 g/mol. The first kappa shape index (κ1) is 30.1. The van der Waals surface area contributed by atoms with Gasteiger partial charge >= 0.3 is 5.92 Å². The highest BCUT2D eigenvalue weighted by atomic mass is 79.9. The zero-order valence-corrected chi connectivity index (χ0v) is 23.9. The van der Waals surface area contributed by atoms with Crippen molar-refractivity contribution in [1.82, 2.24) is 14.9 Å². The minimum Gasteiger partial charge on any atom is -0.487 e. The number of benzene rings is 3. The molecular weight excluding hydrogens is 634 g/mol. The van der Waals surface area contributed by atoms with E-state index in [1.165, 1.54) is 18.2 Å². The number of nitrogens with one attached hydrogen (secondary N) is 3. The summed E-state index contributed by atoms with van der Waals surface area (Å²) in [7, 11) is 1.65. The highest BCUT2D eigenvalue weighted by molar-refractivity contribution is 9.10. The molecule has 1 aromatic heterocycles. The third kappa shape index (κ3) is 7.47. The lowest BCUT2D eigenvalue weighted by Crippen LogP contribution is -2.37. The molecule has 0 bridgehead atoms. The molecule has 3 N–H and O–H groups in total. The SMILES string of the molecule is Cn1c(Nc2cc(CNC(=O)C(C)(F)F)ccc2Cl)nc2cc(C(=O)Nc3ccc(Br)cc3)c(OCC(F)F)cc21. The maximum absolute atomic E-state index is 13.2. The number of hydrogen-bond donors (Lipinski definition) is 3. The molecule has 0 aliphatic rings. The van der Waals surface area contributed by atoms with E-state index in [0.29, 0.717) is 34.9 Å². The van der Waals surface area contributed by atoms with Gasteiger partial charge in [0, 0.05) is 36.7 Å². The fraction of sp³-hybridized carbons (Fsp3) is 0.222. The van der Waals surface area contributed by atoms with Crippen LogP contribution in [0.15, 0.2) is 59.1 Å². The summed E-state index contributed by atoms with van der Waals surface area (Å²) in [5.41, 5.74) is 2.14. The van der Waals surface area contributed by atoms with Crippen LogP contribution in [0.3, 0.4) is 0 Å². The van der Waals surface area contributed by atoms with Gasteiger partial charge in [0.05, 0.1) is 27.3 Å². The normalized spacial score (nSPS) is 11.5. The number of rotatable bonds is 10. The quantitative estimate of drug-likeness (QED) is 0.161. The molecule has 4 aromatic rings. The molecule has 1 heterocycles. The summed E-state index contributed by atoms with van der Waals surface area (Å²) in [5, 5.41) is 8.19. The Balaban J connectivity index is 1.64. The van der Waals surface area contributed by atoms with E-state index in [2.05, 4.69) is 36.9 Å². The third-order valence-electron chi connectivity index (χ3n) is 5.82. The summed E-state index contributed by atoms with van der Waals surface area (Å²) in [6.45, 7) is -0.586. The maximum Gasteiger partial charge on any atom is 0.321 e. The van der Waals surface area contributed by atoms with E-state index >= 15 is 0 Å². The molecule has 3 aromatic carbocycles. The first-order chi connectivity index (χ1) is 19.3. The van der Waals surface area contributed by atoms with E-state index in [4.69, 9.17) is 16.3 Å². The Hall–Kier alpha value is -3.84. The number of anilines is 3. The number of halogens is 6. The molecule has 0 aliphatic carbocycles. The van der Waals surface area contributed by atoms with Crippen molar-refractivity contribution in [3.05, 3.63) is 75.2 Å². The van der Waals surface area contributed by atoms with Gasteiger partial charge in [-0.2, -0.15) is 8.78 Å². The fourth-order valence-corrected chi connectivity index (χ4v) is 4.18. The van der Waals surface area contributed by atoms with E-state index in [-0.39, 0.29) is 28.8 Å². The van der Waals surface area contributed by atoms with Crippen molar-refractivity contribution in [3.63, 3.8) is 0 Å². The maximum atomic E-state index is 13.2. The summed E-state index contributed by atoms with van der Waals surface area (Å²) in [4.78, 5) is 29.2. The van der Waals surface area contributed by atoms with Crippen LogP contribution < -0.4 is 20.7 Å². The Bertz CT molecular complexity index is 1590. The Morgan fingerprint density at radius 2 is 1.83 bits per heavy atom. The smallest absolute Gasteiger partial charge is 0.321 e. The van der Waals surface area contributed by atoms with Gasteiger partial charge in [-0.25, -0.2) is 13.8 Å². The number of hydrogen-bond acceptors (Lipinski definition) is 5. The summed E-state index contributed by atoms with van der Waals surface area (Å²) in [6.07, 6.45) is -2.76. The lowest BCUT2D eigenvalue weighted by molar-refractivity contribution is -0.143. The second-order valence-electron chi connectivity index (χ2n) is 9.00. The number of amides is 2. The predicted octanol–water partition coefficient (Wildman–Crippen LogP) is 6.90. The van der Waals surface area contributed by atoms with Crippen molar-refractivity contribution in [1.29, 1.82) is 0 Å². The predicted molar refractivity (Wildman–Crippen MR) is 152 cm³/mol. The molecule has 0 radical (unpaired) electrons. The number of alkyl halides is 4. The van der Waals surface area contributed by atoms with Gasteiger partial charge in [0.15, 0.2) is 0 Å². The van der Waals surface area contributed by atoms with Crippen molar-refractivity contribution in [3.8, 4) is 5.75 Å². The number of ether oxygens (including phenoxy) is 1. The zero-order valence-electron chi connectivity index (χ0n) is 21.6. The molecule has 0 saturated carbocycles. The van der Waals surface area contributed by atoms with Crippen molar-refractivity contribution >= 4 is 67.7 Å². The minimum atomic E-state index is -3.52. The van der Waals surface area contributed by atoms with Crippen LogP contribution in [0.25, 0.3) is 11.0 Å². The van der Waals surface area contributed by atoms with E-state index in [0.717, 1.165) is 4.47 Å². The van der Waals surface area contributed by atoms with Gasteiger partial charge in [-0.1, -0.05) is 33.6 Å². The van der Waals surface area contributed by atoms with Crippen LogP contribution >= 0.6 is 27.5 Å². The molecule has 0 unspecified atom stereocenters. The second kappa shape index (κ2) is 12.4. The Labute approximate surface area is 245 Å². The number of carbonyl (C=O) groups excluding carboxylic acids is 2. The number of fused-ring (bicyclic) bond motifs is 1. The van der Waals surface area contributed by atoms with E-state index < -0.39 is 30.8 Å². The van der Waals surface area contributed by atoms with Crippen molar-refractivity contribution in [2.75, 3.05) is 17.2 Å². The summed E-state index contributed by atoms with van der Waals surface area (Å²) in [6, 6.07) is 14.3.